The van der Waals surface area contributed by atoms with E-state index < -0.39 is 27.9 Å². The van der Waals surface area contributed by atoms with Gasteiger partial charge in [-0.15, -0.1) is 0 Å². The van der Waals surface area contributed by atoms with Crippen molar-refractivity contribution in [3.8, 4) is 0 Å². The number of rotatable bonds is 10. The van der Waals surface area contributed by atoms with Crippen molar-refractivity contribution in [1.82, 2.24) is 0 Å². The van der Waals surface area contributed by atoms with E-state index in [0.29, 0.717) is 0 Å². The van der Waals surface area contributed by atoms with Gasteiger partial charge in [-0.2, -0.15) is 0 Å². The summed E-state index contributed by atoms with van der Waals surface area (Å²) in [6, 6.07) is 9.56. The summed E-state index contributed by atoms with van der Waals surface area (Å²) >= 11 is 0. The Morgan fingerprint density at radius 3 is 1.92 bits per heavy atom. The minimum atomic E-state index is -3.49. The van der Waals surface area contributed by atoms with E-state index in [9.17, 15) is 4.57 Å². The zero-order chi connectivity index (χ0) is 20.0. The minimum absolute atomic E-state index is 0.00770. The average Bonchev–Trinajstić information content (AvgIpc) is 2.54. The zero-order valence-corrected chi connectivity index (χ0v) is 19.3. The second-order valence-corrected chi connectivity index (χ2v) is 14.6. The molecule has 2 unspecified atom stereocenters. The van der Waals surface area contributed by atoms with Crippen molar-refractivity contribution in [3.05, 3.63) is 35.9 Å². The third kappa shape index (κ3) is 5.75. The lowest BCUT2D eigenvalue weighted by atomic mass is 10.1. The van der Waals surface area contributed by atoms with Gasteiger partial charge in [-0.05, 0) is 37.5 Å². The Morgan fingerprint density at radius 2 is 1.54 bits per heavy atom. The Kier molecular flexibility index (Phi) is 8.72. The molecule has 1 rings (SSSR count). The van der Waals surface area contributed by atoms with E-state index in [1.165, 1.54) is 0 Å². The van der Waals surface area contributed by atoms with Crippen LogP contribution in [0.3, 0.4) is 0 Å². The van der Waals surface area contributed by atoms with Crippen LogP contribution in [-0.2, 0) is 22.8 Å². The minimum Gasteiger partial charge on any atom is -0.391 e. The molecule has 0 aliphatic heterocycles. The highest BCUT2D eigenvalue weighted by molar-refractivity contribution is 7.54. The third-order valence-electron chi connectivity index (χ3n) is 4.81. The topological polar surface area (TPSA) is 54.0 Å². The standard InChI is InChI=1S/C19H35O5PSi/c1-9-22-25(20,23-10-2)17(16-14-12-11-13-15-16)18(21-6)24-26(7,8)19(3,4)5/h11-15,17-18H,9-10H2,1-8H3. The molecule has 26 heavy (non-hydrogen) atoms. The largest absolute Gasteiger partial charge is 0.391 e. The molecule has 0 radical (unpaired) electrons. The van der Waals surface area contributed by atoms with Crippen LogP contribution in [0.15, 0.2) is 30.3 Å². The Hall–Kier alpha value is -0.493. The van der Waals surface area contributed by atoms with Crippen molar-refractivity contribution < 1.29 is 22.8 Å². The van der Waals surface area contributed by atoms with Gasteiger partial charge in [-0.25, -0.2) is 0 Å². The van der Waals surface area contributed by atoms with Crippen LogP contribution in [0.4, 0.5) is 0 Å². The smallest absolute Gasteiger partial charge is 0.343 e. The van der Waals surface area contributed by atoms with Crippen LogP contribution < -0.4 is 0 Å². The number of ether oxygens (including phenoxy) is 1. The molecule has 1 aromatic rings. The SMILES string of the molecule is CCOP(=O)(OCC)C(c1ccccc1)C(OC)O[Si](C)(C)C(C)(C)C. The molecule has 0 aromatic heterocycles. The van der Waals surface area contributed by atoms with Crippen molar-refractivity contribution in [1.29, 1.82) is 0 Å². The third-order valence-corrected chi connectivity index (χ3v) is 11.7. The molecule has 0 bridgehead atoms. The normalized spacial score (nSPS) is 15.7. The number of methoxy groups -OCH3 is 1. The fraction of sp³-hybridized carbons (Fsp3) is 0.684. The van der Waals surface area contributed by atoms with Gasteiger partial charge in [0.25, 0.3) is 0 Å². The molecule has 0 fully saturated rings. The molecule has 7 heteroatoms. The van der Waals surface area contributed by atoms with Gasteiger partial charge in [0.2, 0.25) is 0 Å². The molecule has 0 heterocycles. The molecule has 0 N–H and O–H groups in total. The van der Waals surface area contributed by atoms with Crippen molar-refractivity contribution >= 4 is 15.9 Å². The fourth-order valence-electron chi connectivity index (χ4n) is 2.41. The quantitative estimate of drug-likeness (QED) is 0.273. The van der Waals surface area contributed by atoms with Crippen LogP contribution in [0, 0.1) is 0 Å². The predicted octanol–water partition coefficient (Wildman–Crippen LogP) is 5.99. The summed E-state index contributed by atoms with van der Waals surface area (Å²) in [6.07, 6.45) is -0.720. The van der Waals surface area contributed by atoms with Gasteiger partial charge in [0, 0.05) is 7.11 Å². The van der Waals surface area contributed by atoms with Crippen molar-refractivity contribution in [3.63, 3.8) is 0 Å². The van der Waals surface area contributed by atoms with Gasteiger partial charge in [-0.1, -0.05) is 51.1 Å². The fourth-order valence-corrected chi connectivity index (χ4v) is 5.82. The summed E-state index contributed by atoms with van der Waals surface area (Å²) < 4.78 is 37.2. The van der Waals surface area contributed by atoms with Crippen LogP contribution in [-0.4, -0.2) is 34.9 Å². The van der Waals surface area contributed by atoms with Crippen LogP contribution in [0.1, 0.15) is 45.8 Å². The molecule has 1 aromatic carbocycles. The average molecular weight is 403 g/mol. The highest BCUT2D eigenvalue weighted by Gasteiger charge is 2.48. The van der Waals surface area contributed by atoms with Crippen molar-refractivity contribution in [2.45, 2.75) is 64.7 Å². The molecule has 0 amide bonds. The molecule has 0 aliphatic carbocycles. The first-order valence-corrected chi connectivity index (χ1v) is 13.7. The van der Waals surface area contributed by atoms with E-state index in [4.69, 9.17) is 18.2 Å². The van der Waals surface area contributed by atoms with E-state index in [-0.39, 0.29) is 18.3 Å². The summed E-state index contributed by atoms with van der Waals surface area (Å²) in [5.41, 5.74) is 0.172. The van der Waals surface area contributed by atoms with Gasteiger partial charge in [0.1, 0.15) is 5.66 Å². The zero-order valence-electron chi connectivity index (χ0n) is 17.4. The Morgan fingerprint density at radius 1 is 1.04 bits per heavy atom. The lowest BCUT2D eigenvalue weighted by molar-refractivity contribution is -0.0702. The molecule has 0 saturated heterocycles. The molecule has 5 nitrogen and oxygen atoms in total. The highest BCUT2D eigenvalue weighted by atomic mass is 31.2. The monoisotopic (exact) mass is 402 g/mol. The molecule has 0 saturated carbocycles. The van der Waals surface area contributed by atoms with E-state index in [1.807, 2.05) is 44.2 Å². The molecule has 0 spiro atoms. The number of benzene rings is 1. The Bertz CT molecular complexity index is 575. The van der Waals surface area contributed by atoms with Crippen molar-refractivity contribution in [2.75, 3.05) is 20.3 Å². The molecule has 0 aliphatic rings. The first-order valence-electron chi connectivity index (χ1n) is 9.16. The maximum absolute atomic E-state index is 13.7. The Labute approximate surface area is 160 Å². The van der Waals surface area contributed by atoms with Crippen LogP contribution in [0.2, 0.25) is 18.1 Å². The lowest BCUT2D eigenvalue weighted by Gasteiger charge is -2.41. The summed E-state index contributed by atoms with van der Waals surface area (Å²) in [4.78, 5) is 0. The van der Waals surface area contributed by atoms with Gasteiger partial charge in [-0.3, -0.25) is 4.57 Å². The van der Waals surface area contributed by atoms with E-state index in [2.05, 4.69) is 33.9 Å². The number of hydrogen-bond donors (Lipinski definition) is 0. The van der Waals surface area contributed by atoms with Crippen LogP contribution in [0.5, 0.6) is 0 Å². The highest BCUT2D eigenvalue weighted by Crippen LogP contribution is 2.63. The lowest BCUT2D eigenvalue weighted by Crippen LogP contribution is -2.46. The number of hydrogen-bond acceptors (Lipinski definition) is 5. The van der Waals surface area contributed by atoms with Crippen molar-refractivity contribution in [2.24, 2.45) is 0 Å². The van der Waals surface area contributed by atoms with E-state index in [1.54, 1.807) is 7.11 Å². The second kappa shape index (κ2) is 9.63. The maximum atomic E-state index is 13.7. The van der Waals surface area contributed by atoms with Gasteiger partial charge in [0.05, 0.1) is 13.2 Å². The predicted molar refractivity (Wildman–Crippen MR) is 109 cm³/mol. The summed E-state index contributed by atoms with van der Waals surface area (Å²) in [7, 11) is -4.08. The van der Waals surface area contributed by atoms with E-state index in [0.717, 1.165) is 5.56 Å². The van der Waals surface area contributed by atoms with Crippen LogP contribution >= 0.6 is 7.60 Å². The Balaban J connectivity index is 3.40. The second-order valence-electron chi connectivity index (χ2n) is 7.71. The van der Waals surface area contributed by atoms with E-state index >= 15 is 0 Å². The molecule has 150 valence electrons. The first kappa shape index (κ1) is 23.5. The van der Waals surface area contributed by atoms with Crippen LogP contribution in [0.25, 0.3) is 0 Å². The molecular weight excluding hydrogens is 367 g/mol. The molecular formula is C19H35O5PSi. The van der Waals surface area contributed by atoms with Gasteiger partial charge in [0.15, 0.2) is 14.6 Å². The maximum Gasteiger partial charge on any atom is 0.343 e. The van der Waals surface area contributed by atoms with Gasteiger partial charge < -0.3 is 18.2 Å². The summed E-state index contributed by atoms with van der Waals surface area (Å²) in [5, 5.41) is -0.00770. The molecule has 2 atom stereocenters. The summed E-state index contributed by atoms with van der Waals surface area (Å²) in [6.45, 7) is 15.0. The first-order chi connectivity index (χ1) is 12.0. The van der Waals surface area contributed by atoms with Gasteiger partial charge >= 0.3 is 7.60 Å². The summed E-state index contributed by atoms with van der Waals surface area (Å²) in [5.74, 6) is 0.